The summed E-state index contributed by atoms with van der Waals surface area (Å²) >= 11 is 0. The molecular weight excluding hydrogens is 192 g/mol. The van der Waals surface area contributed by atoms with E-state index in [4.69, 9.17) is 5.11 Å². The molecule has 0 spiro atoms. The van der Waals surface area contributed by atoms with Crippen molar-refractivity contribution in [2.45, 2.75) is 26.7 Å². The molecule has 0 unspecified atom stereocenters. The quantitative estimate of drug-likeness (QED) is 0.802. The fourth-order valence-corrected chi connectivity index (χ4v) is 2.61. The van der Waals surface area contributed by atoms with Gasteiger partial charge in [0, 0.05) is 18.7 Å². The van der Waals surface area contributed by atoms with Gasteiger partial charge in [-0.2, -0.15) is 5.10 Å². The van der Waals surface area contributed by atoms with E-state index in [-0.39, 0.29) is 17.3 Å². The molecule has 0 amide bonds. The van der Waals surface area contributed by atoms with Crippen molar-refractivity contribution in [1.82, 2.24) is 9.78 Å². The molecular formula is C11H16N2O2. The van der Waals surface area contributed by atoms with Crippen molar-refractivity contribution in [3.8, 4) is 0 Å². The second-order valence-corrected chi connectivity index (χ2v) is 4.95. The molecule has 1 aliphatic carbocycles. The number of hydrogen-bond acceptors (Lipinski definition) is 2. The number of carbonyl (C=O) groups is 1. The summed E-state index contributed by atoms with van der Waals surface area (Å²) in [6.45, 7) is 5.99. The van der Waals surface area contributed by atoms with Gasteiger partial charge in [-0.05, 0) is 17.9 Å². The van der Waals surface area contributed by atoms with Crippen LogP contribution in [0.3, 0.4) is 0 Å². The lowest BCUT2D eigenvalue weighted by Crippen LogP contribution is -2.04. The fourth-order valence-electron chi connectivity index (χ4n) is 2.61. The molecule has 1 heterocycles. The van der Waals surface area contributed by atoms with E-state index < -0.39 is 5.97 Å². The van der Waals surface area contributed by atoms with Gasteiger partial charge in [0.25, 0.3) is 0 Å². The molecule has 0 aromatic carbocycles. The molecule has 0 radical (unpaired) electrons. The third-order valence-corrected chi connectivity index (χ3v) is 3.57. The molecule has 2 atom stereocenters. The van der Waals surface area contributed by atoms with Crippen LogP contribution < -0.4 is 0 Å². The molecule has 1 saturated carbocycles. The Bertz CT molecular complexity index is 401. The van der Waals surface area contributed by atoms with Gasteiger partial charge >= 0.3 is 5.97 Å². The minimum Gasteiger partial charge on any atom is -0.481 e. The fraction of sp³-hybridized carbons (Fsp3) is 0.636. The normalized spacial score (nSPS) is 27.7. The highest BCUT2D eigenvalue weighted by Crippen LogP contribution is 2.64. The van der Waals surface area contributed by atoms with Crippen molar-refractivity contribution in [2.24, 2.45) is 18.4 Å². The van der Waals surface area contributed by atoms with Crippen LogP contribution in [0.5, 0.6) is 0 Å². The summed E-state index contributed by atoms with van der Waals surface area (Å²) in [6, 6.07) is 0. The van der Waals surface area contributed by atoms with Crippen LogP contribution in [0, 0.1) is 18.3 Å². The van der Waals surface area contributed by atoms with Gasteiger partial charge in [-0.1, -0.05) is 13.8 Å². The van der Waals surface area contributed by atoms with Crippen LogP contribution in [0.15, 0.2) is 6.20 Å². The Labute approximate surface area is 88.9 Å². The van der Waals surface area contributed by atoms with Crippen molar-refractivity contribution >= 4 is 5.97 Å². The lowest BCUT2D eigenvalue weighted by molar-refractivity contribution is -0.139. The smallest absolute Gasteiger partial charge is 0.307 e. The zero-order chi connectivity index (χ0) is 11.4. The van der Waals surface area contributed by atoms with E-state index in [1.54, 1.807) is 10.9 Å². The van der Waals surface area contributed by atoms with Crippen LogP contribution in [0.25, 0.3) is 0 Å². The first kappa shape index (κ1) is 10.2. The Morgan fingerprint density at radius 3 is 2.53 bits per heavy atom. The third kappa shape index (κ3) is 1.28. The van der Waals surface area contributed by atoms with Gasteiger partial charge in [0.2, 0.25) is 0 Å². The van der Waals surface area contributed by atoms with Crippen LogP contribution in [0.4, 0.5) is 0 Å². The first-order valence-electron chi connectivity index (χ1n) is 5.08. The average molecular weight is 208 g/mol. The van der Waals surface area contributed by atoms with Crippen molar-refractivity contribution in [3.05, 3.63) is 17.5 Å². The molecule has 0 bridgehead atoms. The highest BCUT2D eigenvalue weighted by atomic mass is 16.4. The molecule has 1 fully saturated rings. The predicted octanol–water partition coefficient (Wildman–Crippen LogP) is 1.55. The maximum Gasteiger partial charge on any atom is 0.307 e. The molecule has 1 N–H and O–H groups in total. The van der Waals surface area contributed by atoms with Gasteiger partial charge in [0.1, 0.15) is 0 Å². The summed E-state index contributed by atoms with van der Waals surface area (Å²) < 4.78 is 1.80. The minimum absolute atomic E-state index is 0.0995. The molecule has 0 aliphatic heterocycles. The molecule has 1 aromatic rings. The van der Waals surface area contributed by atoms with Gasteiger partial charge in [0.05, 0.1) is 12.1 Å². The number of aryl methyl sites for hydroxylation is 2. The predicted molar refractivity (Wildman–Crippen MR) is 55.6 cm³/mol. The zero-order valence-corrected chi connectivity index (χ0v) is 9.48. The molecule has 82 valence electrons. The molecule has 4 heteroatoms. The van der Waals surface area contributed by atoms with Crippen LogP contribution in [0.2, 0.25) is 0 Å². The van der Waals surface area contributed by atoms with Crippen LogP contribution >= 0.6 is 0 Å². The third-order valence-electron chi connectivity index (χ3n) is 3.57. The maximum atomic E-state index is 11.1. The Kier molecular flexibility index (Phi) is 1.93. The van der Waals surface area contributed by atoms with E-state index in [1.807, 2.05) is 27.8 Å². The summed E-state index contributed by atoms with van der Waals surface area (Å²) in [5.41, 5.74) is 2.00. The molecule has 0 saturated heterocycles. The standard InChI is InChI=1S/C11H16N2O2/c1-6-5-12-13(4)9(6)7-8(10(14)15)11(7,2)3/h5,7-8H,1-4H3,(H,14,15)/t7-,8-/m1/s1. The summed E-state index contributed by atoms with van der Waals surface area (Å²) in [7, 11) is 1.87. The average Bonchev–Trinajstić information content (AvgIpc) is 2.50. The molecule has 15 heavy (non-hydrogen) atoms. The van der Waals surface area contributed by atoms with Gasteiger partial charge < -0.3 is 5.11 Å². The second-order valence-electron chi connectivity index (χ2n) is 4.95. The largest absolute Gasteiger partial charge is 0.481 e. The van der Waals surface area contributed by atoms with Crippen LogP contribution in [-0.2, 0) is 11.8 Å². The first-order valence-corrected chi connectivity index (χ1v) is 5.08. The van der Waals surface area contributed by atoms with E-state index in [9.17, 15) is 4.79 Å². The zero-order valence-electron chi connectivity index (χ0n) is 9.48. The van der Waals surface area contributed by atoms with Crippen LogP contribution in [0.1, 0.15) is 31.0 Å². The molecule has 2 rings (SSSR count). The lowest BCUT2D eigenvalue weighted by Gasteiger charge is -2.04. The van der Waals surface area contributed by atoms with E-state index in [1.165, 1.54) is 0 Å². The van der Waals surface area contributed by atoms with E-state index in [2.05, 4.69) is 5.10 Å². The number of carboxylic acids is 1. The Morgan fingerprint density at radius 2 is 2.20 bits per heavy atom. The SMILES string of the molecule is Cc1cnn(C)c1[C@H]1[C@H](C(=O)O)C1(C)C. The summed E-state index contributed by atoms with van der Waals surface area (Å²) in [4.78, 5) is 11.1. The molecule has 1 aromatic heterocycles. The Balaban J connectivity index is 2.39. The number of nitrogens with zero attached hydrogens (tertiary/aromatic N) is 2. The topological polar surface area (TPSA) is 55.1 Å². The van der Waals surface area contributed by atoms with Crippen molar-refractivity contribution in [2.75, 3.05) is 0 Å². The number of aromatic nitrogens is 2. The summed E-state index contributed by atoms with van der Waals surface area (Å²) in [6.07, 6.45) is 1.79. The van der Waals surface area contributed by atoms with E-state index in [0.29, 0.717) is 0 Å². The van der Waals surface area contributed by atoms with E-state index >= 15 is 0 Å². The minimum atomic E-state index is -0.703. The number of hydrogen-bond donors (Lipinski definition) is 1. The first-order chi connectivity index (χ1) is 6.87. The highest BCUT2D eigenvalue weighted by Gasteiger charge is 2.64. The Morgan fingerprint density at radius 1 is 1.60 bits per heavy atom. The highest BCUT2D eigenvalue weighted by molar-refractivity contribution is 5.77. The van der Waals surface area contributed by atoms with Crippen molar-refractivity contribution in [1.29, 1.82) is 0 Å². The second kappa shape index (κ2) is 2.84. The number of rotatable bonds is 2. The number of carboxylic acid groups (broad SMARTS) is 1. The Hall–Kier alpha value is -1.32. The van der Waals surface area contributed by atoms with Gasteiger partial charge in [0.15, 0.2) is 0 Å². The summed E-state index contributed by atoms with van der Waals surface area (Å²) in [5, 5.41) is 13.3. The van der Waals surface area contributed by atoms with Crippen molar-refractivity contribution < 1.29 is 9.90 Å². The summed E-state index contributed by atoms with van der Waals surface area (Å²) in [5.74, 6) is -0.875. The van der Waals surface area contributed by atoms with Crippen molar-refractivity contribution in [3.63, 3.8) is 0 Å². The monoisotopic (exact) mass is 208 g/mol. The van der Waals surface area contributed by atoms with E-state index in [0.717, 1.165) is 11.3 Å². The number of aliphatic carboxylic acids is 1. The van der Waals surface area contributed by atoms with Crippen LogP contribution in [-0.4, -0.2) is 20.9 Å². The van der Waals surface area contributed by atoms with Gasteiger partial charge in [-0.3, -0.25) is 9.48 Å². The van der Waals surface area contributed by atoms with Gasteiger partial charge in [-0.25, -0.2) is 0 Å². The lowest BCUT2D eigenvalue weighted by atomic mass is 10.1. The maximum absolute atomic E-state index is 11.1. The van der Waals surface area contributed by atoms with Gasteiger partial charge in [-0.15, -0.1) is 0 Å². The molecule has 1 aliphatic rings. The molecule has 4 nitrogen and oxygen atoms in total.